The Bertz CT molecular complexity index is 2300. The van der Waals surface area contributed by atoms with Gasteiger partial charge < -0.3 is 13.7 Å². The second-order valence-electron chi connectivity index (χ2n) is 13.8. The molecule has 0 aliphatic carbocycles. The van der Waals surface area contributed by atoms with E-state index < -0.39 is 18.3 Å². The van der Waals surface area contributed by atoms with E-state index in [2.05, 4.69) is 101 Å². The number of aryl methyl sites for hydroxylation is 1. The van der Waals surface area contributed by atoms with Crippen LogP contribution in [-0.2, 0) is 15.7 Å². The summed E-state index contributed by atoms with van der Waals surface area (Å²) in [6.07, 6.45) is 2.15. The summed E-state index contributed by atoms with van der Waals surface area (Å²) in [5, 5.41) is 2.03. The first-order valence-electron chi connectivity index (χ1n) is 17.0. The molecule has 1 aliphatic heterocycles. The summed E-state index contributed by atoms with van der Waals surface area (Å²) in [6.45, 7) is 10.5. The highest BCUT2D eigenvalue weighted by atomic mass is 16.7. The van der Waals surface area contributed by atoms with Crippen LogP contribution in [0.25, 0.3) is 67.2 Å². The summed E-state index contributed by atoms with van der Waals surface area (Å²) >= 11 is 0. The summed E-state index contributed by atoms with van der Waals surface area (Å²) in [6, 6.07) is 39.4. The van der Waals surface area contributed by atoms with E-state index in [1.165, 1.54) is 5.56 Å². The first-order chi connectivity index (χ1) is 23.7. The molecule has 242 valence electrons. The molecular weight excluding hydrogens is 605 g/mol. The summed E-state index contributed by atoms with van der Waals surface area (Å²) in [4.78, 5) is 14.9. The Morgan fingerprint density at radius 2 is 1.12 bits per heavy atom. The van der Waals surface area contributed by atoms with Crippen molar-refractivity contribution < 1.29 is 13.7 Å². The summed E-state index contributed by atoms with van der Waals surface area (Å²) in [5.74, 6) is 1.92. The van der Waals surface area contributed by atoms with E-state index in [4.69, 9.17) is 28.7 Å². The maximum absolute atomic E-state index is 6.47. The molecule has 0 unspecified atom stereocenters. The molecule has 1 aliphatic rings. The van der Waals surface area contributed by atoms with Gasteiger partial charge >= 0.3 is 7.12 Å². The Balaban J connectivity index is 1.21. The van der Waals surface area contributed by atoms with Crippen molar-refractivity contribution in [3.63, 3.8) is 0 Å². The monoisotopic (exact) mass is 643 g/mol. The molecule has 7 heteroatoms. The number of hydrogen-bond donors (Lipinski definition) is 0. The van der Waals surface area contributed by atoms with E-state index in [0.29, 0.717) is 17.5 Å². The fourth-order valence-electron chi connectivity index (χ4n) is 6.50. The van der Waals surface area contributed by atoms with Crippen LogP contribution in [0.4, 0.5) is 0 Å². The maximum Gasteiger partial charge on any atom is 0.495 e. The number of nitrogens with zero attached hydrogens (tertiary/aromatic N) is 3. The van der Waals surface area contributed by atoms with Crippen molar-refractivity contribution in [2.24, 2.45) is 0 Å². The number of hydrogen-bond acceptors (Lipinski definition) is 6. The highest BCUT2D eigenvalue weighted by Gasteiger charge is 2.52. The lowest BCUT2D eigenvalue weighted by molar-refractivity contribution is 0.00578. The molecule has 6 nitrogen and oxygen atoms in total. The molecule has 0 N–H and O–H groups in total. The third kappa shape index (κ3) is 5.73. The number of rotatable bonds is 7. The first kappa shape index (κ1) is 31.2. The van der Waals surface area contributed by atoms with Gasteiger partial charge in [-0.15, -0.1) is 0 Å². The van der Waals surface area contributed by atoms with Crippen LogP contribution < -0.4 is 5.46 Å². The quantitative estimate of drug-likeness (QED) is 0.161. The fourth-order valence-corrected chi connectivity index (χ4v) is 6.50. The van der Waals surface area contributed by atoms with Crippen LogP contribution in [-0.4, -0.2) is 33.3 Å². The van der Waals surface area contributed by atoms with Gasteiger partial charge in [-0.2, -0.15) is 0 Å². The van der Waals surface area contributed by atoms with Crippen molar-refractivity contribution >= 4 is 34.5 Å². The predicted molar refractivity (Wildman–Crippen MR) is 199 cm³/mol. The average Bonchev–Trinajstić information content (AvgIpc) is 3.60. The van der Waals surface area contributed by atoms with Gasteiger partial charge in [-0.25, -0.2) is 15.0 Å². The van der Waals surface area contributed by atoms with Crippen LogP contribution >= 0.6 is 0 Å². The second-order valence-corrected chi connectivity index (χ2v) is 13.8. The predicted octanol–water partition coefficient (Wildman–Crippen LogP) is 9.69. The molecule has 5 aromatic carbocycles. The zero-order chi connectivity index (χ0) is 33.8. The van der Waals surface area contributed by atoms with Gasteiger partial charge in [0.15, 0.2) is 17.5 Å². The van der Waals surface area contributed by atoms with E-state index in [9.17, 15) is 0 Å². The zero-order valence-electron chi connectivity index (χ0n) is 28.5. The van der Waals surface area contributed by atoms with E-state index in [1.54, 1.807) is 0 Å². The fraction of sp³-hybridized carbons (Fsp3) is 0.214. The van der Waals surface area contributed by atoms with Crippen LogP contribution in [0.2, 0.25) is 0 Å². The molecule has 49 heavy (non-hydrogen) atoms. The number of aromatic nitrogens is 3. The van der Waals surface area contributed by atoms with Crippen LogP contribution in [0.1, 0.15) is 46.6 Å². The number of benzene rings is 5. The molecule has 0 atom stereocenters. The number of fused-ring (bicyclic) bond motifs is 3. The normalized spacial score (nSPS) is 15.3. The van der Waals surface area contributed by atoms with E-state index >= 15 is 0 Å². The minimum atomic E-state index is -0.499. The average molecular weight is 644 g/mol. The summed E-state index contributed by atoms with van der Waals surface area (Å²) < 4.78 is 19.3. The highest BCUT2D eigenvalue weighted by molar-refractivity contribution is 6.66. The molecule has 2 aromatic heterocycles. The standard InChI is InChI=1S/C42H38BN3O3/c1-6-12-27-19-21-29(22-20-27)39-44-38(28-13-8-7-9-14-28)45-40(46-39)32-16-10-15-30(25-32)31-23-24-35-33(26-31)37-34(17-11-18-36(37)47-35)43-48-41(2,3)42(4,5)49-43/h7-11,13-26H,6,12H2,1-5H3. The highest BCUT2D eigenvalue weighted by Crippen LogP contribution is 2.39. The van der Waals surface area contributed by atoms with Gasteiger partial charge in [-0.1, -0.05) is 104 Å². The first-order valence-corrected chi connectivity index (χ1v) is 17.0. The molecule has 0 saturated carbocycles. The molecule has 3 heterocycles. The smallest absolute Gasteiger partial charge is 0.456 e. The zero-order valence-corrected chi connectivity index (χ0v) is 28.5. The third-order valence-electron chi connectivity index (χ3n) is 9.91. The van der Waals surface area contributed by atoms with Gasteiger partial charge in [-0.3, -0.25) is 0 Å². The van der Waals surface area contributed by atoms with E-state index in [1.807, 2.05) is 48.5 Å². The lowest BCUT2D eigenvalue weighted by atomic mass is 9.76. The summed E-state index contributed by atoms with van der Waals surface area (Å²) in [7, 11) is -0.499. The van der Waals surface area contributed by atoms with Crippen molar-refractivity contribution in [2.45, 2.75) is 58.7 Å². The molecule has 0 radical (unpaired) electrons. The van der Waals surface area contributed by atoms with Gasteiger partial charge in [0.05, 0.1) is 11.2 Å². The summed E-state index contributed by atoms with van der Waals surface area (Å²) in [5.41, 5.74) is 7.94. The maximum atomic E-state index is 6.47. The molecule has 1 fully saturated rings. The van der Waals surface area contributed by atoms with Crippen LogP contribution in [0, 0.1) is 0 Å². The molecule has 0 bridgehead atoms. The molecule has 8 rings (SSSR count). The third-order valence-corrected chi connectivity index (χ3v) is 9.91. The Hall–Kier alpha value is -5.11. The van der Waals surface area contributed by atoms with Gasteiger partial charge in [-0.05, 0) is 80.5 Å². The molecule has 0 amide bonds. The number of furan rings is 1. The lowest BCUT2D eigenvalue weighted by Gasteiger charge is -2.32. The minimum absolute atomic E-state index is 0.446. The van der Waals surface area contributed by atoms with Crippen molar-refractivity contribution in [3.8, 4) is 45.3 Å². The second kappa shape index (κ2) is 12.1. The molecule has 1 saturated heterocycles. The van der Waals surface area contributed by atoms with Crippen molar-refractivity contribution in [1.29, 1.82) is 0 Å². The van der Waals surface area contributed by atoms with Crippen LogP contribution in [0.5, 0.6) is 0 Å². The Labute approximate surface area is 287 Å². The van der Waals surface area contributed by atoms with Gasteiger partial charge in [0.2, 0.25) is 0 Å². The van der Waals surface area contributed by atoms with E-state index in [-0.39, 0.29) is 0 Å². The van der Waals surface area contributed by atoms with Crippen LogP contribution in [0.3, 0.4) is 0 Å². The SMILES string of the molecule is CCCc1ccc(-c2nc(-c3ccccc3)nc(-c3cccc(-c4ccc5oc6cccc(B7OC(C)(C)C(C)(C)O7)c6c5c4)c3)n2)cc1. The van der Waals surface area contributed by atoms with Crippen molar-refractivity contribution in [3.05, 3.63) is 121 Å². The largest absolute Gasteiger partial charge is 0.495 e. The molecule has 7 aromatic rings. The minimum Gasteiger partial charge on any atom is -0.456 e. The topological polar surface area (TPSA) is 70.3 Å². The Morgan fingerprint density at radius 1 is 0.551 bits per heavy atom. The Kier molecular flexibility index (Phi) is 7.70. The Morgan fingerprint density at radius 3 is 1.82 bits per heavy atom. The van der Waals surface area contributed by atoms with Crippen molar-refractivity contribution in [2.75, 3.05) is 0 Å². The van der Waals surface area contributed by atoms with Gasteiger partial charge in [0, 0.05) is 27.5 Å². The lowest BCUT2D eigenvalue weighted by Crippen LogP contribution is -2.41. The van der Waals surface area contributed by atoms with E-state index in [0.717, 1.165) is 68.1 Å². The van der Waals surface area contributed by atoms with Crippen molar-refractivity contribution in [1.82, 2.24) is 15.0 Å². The van der Waals surface area contributed by atoms with Crippen LogP contribution in [0.15, 0.2) is 120 Å². The molecule has 0 spiro atoms. The molecular formula is C42H38BN3O3. The van der Waals surface area contributed by atoms with Gasteiger partial charge in [0.1, 0.15) is 11.2 Å². The van der Waals surface area contributed by atoms with Gasteiger partial charge in [0.25, 0.3) is 0 Å².